The molecule has 6 nitrogen and oxygen atoms in total. The highest BCUT2D eigenvalue weighted by Gasteiger charge is 2.19. The molecule has 0 bridgehead atoms. The van der Waals surface area contributed by atoms with Crippen LogP contribution in [0.15, 0.2) is 59.4 Å². The fourth-order valence-electron chi connectivity index (χ4n) is 4.19. The number of hydrogen-bond acceptors (Lipinski definition) is 4. The number of hydrogen-bond donors (Lipinski definition) is 2. The monoisotopic (exact) mass is 479 g/mol. The second-order valence-electron chi connectivity index (χ2n) is 8.10. The van der Waals surface area contributed by atoms with E-state index in [1.54, 1.807) is 22.8 Å². The smallest absolute Gasteiger partial charge is 0.356 e. The highest BCUT2D eigenvalue weighted by atomic mass is 35.5. The zero-order valence-electron chi connectivity index (χ0n) is 18.9. The minimum Gasteiger partial charge on any atom is -0.476 e. The number of fused-ring (bicyclic) bond motifs is 1. The Morgan fingerprint density at radius 1 is 1.15 bits per heavy atom. The molecule has 2 aromatic carbocycles. The first-order chi connectivity index (χ1) is 16.2. The number of carboxylic acids is 1. The number of aromatic nitrogens is 2. The molecule has 0 saturated carbocycles. The minimum atomic E-state index is -1.20. The van der Waals surface area contributed by atoms with Crippen molar-refractivity contribution in [3.63, 3.8) is 0 Å². The number of anilines is 1. The lowest BCUT2D eigenvalue weighted by molar-refractivity contribution is 0.0691. The van der Waals surface area contributed by atoms with Gasteiger partial charge in [-0.1, -0.05) is 17.7 Å². The predicted molar refractivity (Wildman–Crippen MR) is 132 cm³/mol. The molecule has 0 amide bonds. The second kappa shape index (κ2) is 9.27. The molecule has 2 N–H and O–H groups in total. The van der Waals surface area contributed by atoms with Gasteiger partial charge in [0.2, 0.25) is 0 Å². The van der Waals surface area contributed by atoms with E-state index in [1.165, 1.54) is 18.2 Å². The molecule has 0 fully saturated rings. The van der Waals surface area contributed by atoms with Gasteiger partial charge in [0, 0.05) is 18.0 Å². The Balaban J connectivity index is 1.90. The number of nitrogens with one attached hydrogen (secondary N) is 1. The number of benzene rings is 2. The van der Waals surface area contributed by atoms with E-state index in [4.69, 9.17) is 11.6 Å². The summed E-state index contributed by atoms with van der Waals surface area (Å²) >= 11 is 5.88. The van der Waals surface area contributed by atoms with Gasteiger partial charge in [0.1, 0.15) is 11.0 Å². The zero-order chi connectivity index (χ0) is 24.6. The van der Waals surface area contributed by atoms with Crippen LogP contribution in [0.25, 0.3) is 22.0 Å². The van der Waals surface area contributed by atoms with Crippen LogP contribution in [-0.4, -0.2) is 20.6 Å². The van der Waals surface area contributed by atoms with Crippen molar-refractivity contribution >= 4 is 34.0 Å². The number of carbonyl (C=O) groups is 1. The lowest BCUT2D eigenvalue weighted by atomic mass is 9.95. The predicted octanol–water partition coefficient (Wildman–Crippen LogP) is 6.06. The summed E-state index contributed by atoms with van der Waals surface area (Å²) in [6.45, 7) is 6.14. The van der Waals surface area contributed by atoms with E-state index in [2.05, 4.69) is 10.3 Å². The van der Waals surface area contributed by atoms with Crippen molar-refractivity contribution < 1.29 is 14.3 Å². The van der Waals surface area contributed by atoms with Crippen molar-refractivity contribution in [2.24, 2.45) is 0 Å². The molecular formula is C26H23ClFN3O3. The number of aryl methyl sites for hydroxylation is 1. The molecule has 0 spiro atoms. The number of rotatable bonds is 6. The van der Waals surface area contributed by atoms with Crippen molar-refractivity contribution in [1.82, 2.24) is 9.55 Å². The Labute approximate surface area is 200 Å². The summed E-state index contributed by atoms with van der Waals surface area (Å²) in [4.78, 5) is 29.0. The van der Waals surface area contributed by atoms with E-state index in [9.17, 15) is 19.1 Å². The van der Waals surface area contributed by atoms with Crippen molar-refractivity contribution in [1.29, 1.82) is 0 Å². The van der Waals surface area contributed by atoms with Gasteiger partial charge in [-0.2, -0.15) is 0 Å². The van der Waals surface area contributed by atoms with E-state index in [1.807, 2.05) is 39.0 Å². The third kappa shape index (κ3) is 4.39. The van der Waals surface area contributed by atoms with Crippen LogP contribution in [0.1, 0.15) is 41.5 Å². The lowest BCUT2D eigenvalue weighted by Gasteiger charge is -2.21. The number of nitrogens with zero attached hydrogens (tertiary/aromatic N) is 2. The van der Waals surface area contributed by atoms with Gasteiger partial charge in [-0.15, -0.1) is 0 Å². The van der Waals surface area contributed by atoms with Crippen LogP contribution in [-0.2, 0) is 6.54 Å². The van der Waals surface area contributed by atoms with Crippen LogP contribution >= 0.6 is 11.6 Å². The maximum Gasteiger partial charge on any atom is 0.356 e. The Hall–Kier alpha value is -3.71. The minimum absolute atomic E-state index is 0.0839. The van der Waals surface area contributed by atoms with Crippen LogP contribution in [0.2, 0.25) is 5.15 Å². The van der Waals surface area contributed by atoms with E-state index in [-0.39, 0.29) is 28.3 Å². The Morgan fingerprint density at radius 2 is 1.85 bits per heavy atom. The average Bonchev–Trinajstić information content (AvgIpc) is 2.80. The summed E-state index contributed by atoms with van der Waals surface area (Å²) in [5.41, 5.74) is 3.12. The zero-order valence-corrected chi connectivity index (χ0v) is 19.7. The van der Waals surface area contributed by atoms with E-state index in [0.717, 1.165) is 22.1 Å². The molecule has 2 aromatic heterocycles. The molecule has 4 rings (SSSR count). The Kier molecular flexibility index (Phi) is 6.39. The second-order valence-corrected chi connectivity index (χ2v) is 8.49. The Morgan fingerprint density at radius 3 is 2.50 bits per heavy atom. The molecule has 0 aliphatic rings. The fourth-order valence-corrected chi connectivity index (χ4v) is 4.34. The third-order valence-corrected chi connectivity index (χ3v) is 5.97. The molecule has 0 saturated heterocycles. The van der Waals surface area contributed by atoms with Gasteiger partial charge in [-0.05, 0) is 91.4 Å². The van der Waals surface area contributed by atoms with Crippen molar-refractivity contribution in [2.75, 3.05) is 5.32 Å². The quantitative estimate of drug-likeness (QED) is 0.328. The SMILES string of the molecule is CCn1c(-c2ccc(F)cc2)cc2c(C(C)Nc3ccc(Cl)nc3C(=O)O)cc(C)cc2c1=O. The third-order valence-electron chi connectivity index (χ3n) is 5.76. The fraction of sp³-hybridized carbons (Fsp3) is 0.192. The van der Waals surface area contributed by atoms with Gasteiger partial charge >= 0.3 is 5.97 Å². The molecule has 1 unspecified atom stereocenters. The molecule has 1 atom stereocenters. The number of carboxylic acid groups (broad SMARTS) is 1. The summed E-state index contributed by atoms with van der Waals surface area (Å²) < 4.78 is 15.2. The maximum atomic E-state index is 13.5. The molecule has 0 radical (unpaired) electrons. The number of aromatic carboxylic acids is 1. The molecule has 2 heterocycles. The van der Waals surface area contributed by atoms with Gasteiger partial charge in [0.25, 0.3) is 5.56 Å². The highest BCUT2D eigenvalue weighted by molar-refractivity contribution is 6.29. The summed E-state index contributed by atoms with van der Waals surface area (Å²) in [6.07, 6.45) is 0. The molecule has 8 heteroatoms. The molecular weight excluding hydrogens is 457 g/mol. The van der Waals surface area contributed by atoms with Gasteiger partial charge in [0.05, 0.1) is 11.4 Å². The van der Waals surface area contributed by atoms with E-state index >= 15 is 0 Å². The molecule has 34 heavy (non-hydrogen) atoms. The standard InChI is InChI=1S/C26H23ClFN3O3/c1-4-31-22(16-5-7-17(28)8-6-16)13-19-18(11-14(2)12-20(19)25(31)32)15(3)29-21-9-10-23(27)30-24(21)26(33)34/h5-13,15,29H,4H2,1-3H3,(H,33,34). The van der Waals surface area contributed by atoms with Crippen LogP contribution in [0, 0.1) is 12.7 Å². The van der Waals surface area contributed by atoms with Crippen molar-refractivity contribution in [2.45, 2.75) is 33.4 Å². The summed E-state index contributed by atoms with van der Waals surface area (Å²) in [6, 6.07) is 14.5. The first-order valence-corrected chi connectivity index (χ1v) is 11.2. The largest absolute Gasteiger partial charge is 0.476 e. The topological polar surface area (TPSA) is 84.2 Å². The first-order valence-electron chi connectivity index (χ1n) is 10.8. The highest BCUT2D eigenvalue weighted by Crippen LogP contribution is 2.31. The van der Waals surface area contributed by atoms with Crippen molar-refractivity contribution in [3.05, 3.63) is 92.7 Å². The van der Waals surface area contributed by atoms with E-state index < -0.39 is 5.97 Å². The first kappa shape index (κ1) is 23.4. The molecule has 174 valence electrons. The molecule has 0 aliphatic heterocycles. The molecule has 4 aromatic rings. The average molecular weight is 480 g/mol. The van der Waals surface area contributed by atoms with Crippen LogP contribution in [0.3, 0.4) is 0 Å². The summed E-state index contributed by atoms with van der Waals surface area (Å²) in [5.74, 6) is -1.55. The normalized spacial score (nSPS) is 12.0. The van der Waals surface area contributed by atoms with Gasteiger partial charge < -0.3 is 15.0 Å². The van der Waals surface area contributed by atoms with Gasteiger partial charge in [-0.25, -0.2) is 14.2 Å². The van der Waals surface area contributed by atoms with Crippen LogP contribution in [0.4, 0.5) is 10.1 Å². The number of pyridine rings is 2. The van der Waals surface area contributed by atoms with Crippen LogP contribution < -0.4 is 10.9 Å². The summed E-state index contributed by atoms with van der Waals surface area (Å²) in [5, 5.41) is 14.1. The maximum absolute atomic E-state index is 13.5. The molecule has 0 aliphatic carbocycles. The van der Waals surface area contributed by atoms with E-state index in [0.29, 0.717) is 23.3 Å². The Bertz CT molecular complexity index is 1470. The van der Waals surface area contributed by atoms with Gasteiger partial charge in [0.15, 0.2) is 5.69 Å². The van der Waals surface area contributed by atoms with Crippen molar-refractivity contribution in [3.8, 4) is 11.3 Å². The van der Waals surface area contributed by atoms with Crippen LogP contribution in [0.5, 0.6) is 0 Å². The summed E-state index contributed by atoms with van der Waals surface area (Å²) in [7, 11) is 0. The lowest BCUT2D eigenvalue weighted by Crippen LogP contribution is -2.22. The van der Waals surface area contributed by atoms with Gasteiger partial charge in [-0.3, -0.25) is 4.79 Å². The number of halogens is 2.